The van der Waals surface area contributed by atoms with Gasteiger partial charge in [0, 0.05) is 11.1 Å². The standard InChI is InChI=1S/C13H20N2O2/c1-13(2,3)11-8-10(12(16)17)14-15(11)9-6-4-5-7-9/h8-9H,4-7H2,1-3H3,(H,16,17). The van der Waals surface area contributed by atoms with Crippen molar-refractivity contribution in [3.05, 3.63) is 17.5 Å². The first-order chi connectivity index (χ1) is 7.89. The first-order valence-corrected chi connectivity index (χ1v) is 6.23. The van der Waals surface area contributed by atoms with Crippen LogP contribution in [0.1, 0.15) is 68.7 Å². The lowest BCUT2D eigenvalue weighted by Gasteiger charge is -2.23. The Balaban J connectivity index is 2.44. The zero-order chi connectivity index (χ0) is 12.6. The Labute approximate surface area is 102 Å². The van der Waals surface area contributed by atoms with Crippen LogP contribution in [0, 0.1) is 0 Å². The van der Waals surface area contributed by atoms with Crippen molar-refractivity contribution >= 4 is 5.97 Å². The lowest BCUT2D eigenvalue weighted by molar-refractivity contribution is 0.0689. The van der Waals surface area contributed by atoms with Gasteiger partial charge in [-0.3, -0.25) is 4.68 Å². The number of carboxylic acid groups (broad SMARTS) is 1. The van der Waals surface area contributed by atoms with E-state index in [-0.39, 0.29) is 11.1 Å². The fourth-order valence-corrected chi connectivity index (χ4v) is 2.49. The van der Waals surface area contributed by atoms with Crippen LogP contribution in [0.2, 0.25) is 0 Å². The smallest absolute Gasteiger partial charge is 0.356 e. The summed E-state index contributed by atoms with van der Waals surface area (Å²) in [7, 11) is 0. The third kappa shape index (κ3) is 2.35. The molecule has 1 heterocycles. The number of aromatic nitrogens is 2. The maximum absolute atomic E-state index is 11.0. The quantitative estimate of drug-likeness (QED) is 0.858. The van der Waals surface area contributed by atoms with E-state index in [0.29, 0.717) is 6.04 Å². The Morgan fingerprint density at radius 3 is 2.47 bits per heavy atom. The molecular weight excluding hydrogens is 216 g/mol. The minimum Gasteiger partial charge on any atom is -0.476 e. The summed E-state index contributed by atoms with van der Waals surface area (Å²) in [5.74, 6) is -0.938. The largest absolute Gasteiger partial charge is 0.476 e. The number of rotatable bonds is 2. The van der Waals surface area contributed by atoms with Gasteiger partial charge in [0.15, 0.2) is 5.69 Å². The number of hydrogen-bond acceptors (Lipinski definition) is 2. The van der Waals surface area contributed by atoms with Crippen LogP contribution in [0.3, 0.4) is 0 Å². The van der Waals surface area contributed by atoms with Crippen molar-refractivity contribution in [3.63, 3.8) is 0 Å². The first-order valence-electron chi connectivity index (χ1n) is 6.23. The van der Waals surface area contributed by atoms with E-state index in [1.807, 2.05) is 4.68 Å². The Kier molecular flexibility index (Phi) is 2.98. The van der Waals surface area contributed by atoms with Gasteiger partial charge in [0.1, 0.15) is 0 Å². The minimum atomic E-state index is -0.938. The summed E-state index contributed by atoms with van der Waals surface area (Å²) >= 11 is 0. The molecule has 0 bridgehead atoms. The lowest BCUT2D eigenvalue weighted by atomic mass is 9.91. The van der Waals surface area contributed by atoms with Crippen molar-refractivity contribution in [2.75, 3.05) is 0 Å². The molecule has 0 atom stereocenters. The molecular formula is C13H20N2O2. The fraction of sp³-hybridized carbons (Fsp3) is 0.692. The van der Waals surface area contributed by atoms with Gasteiger partial charge in [-0.2, -0.15) is 5.10 Å². The zero-order valence-electron chi connectivity index (χ0n) is 10.7. The molecule has 1 aliphatic carbocycles. The van der Waals surface area contributed by atoms with E-state index in [9.17, 15) is 4.79 Å². The molecule has 2 rings (SSSR count). The molecule has 1 N–H and O–H groups in total. The van der Waals surface area contributed by atoms with Gasteiger partial charge in [-0.1, -0.05) is 33.6 Å². The predicted octanol–water partition coefficient (Wildman–Crippen LogP) is 2.99. The Bertz CT molecular complexity index is 423. The van der Waals surface area contributed by atoms with E-state index in [4.69, 9.17) is 5.11 Å². The minimum absolute atomic E-state index is 0.0662. The van der Waals surface area contributed by atoms with Gasteiger partial charge in [0.05, 0.1) is 6.04 Å². The van der Waals surface area contributed by atoms with Crippen molar-refractivity contribution in [2.24, 2.45) is 0 Å². The first kappa shape index (κ1) is 12.1. The van der Waals surface area contributed by atoms with Crippen LogP contribution in [0.5, 0.6) is 0 Å². The van der Waals surface area contributed by atoms with Crippen molar-refractivity contribution in [3.8, 4) is 0 Å². The molecule has 1 aliphatic rings. The summed E-state index contributed by atoms with van der Waals surface area (Å²) in [5, 5.41) is 13.3. The van der Waals surface area contributed by atoms with E-state index in [2.05, 4.69) is 25.9 Å². The molecule has 4 nitrogen and oxygen atoms in total. The van der Waals surface area contributed by atoms with Crippen LogP contribution in [0.25, 0.3) is 0 Å². The van der Waals surface area contributed by atoms with Crippen LogP contribution in [0.15, 0.2) is 6.07 Å². The summed E-state index contributed by atoms with van der Waals surface area (Å²) in [5.41, 5.74) is 1.13. The molecule has 0 saturated heterocycles. The zero-order valence-corrected chi connectivity index (χ0v) is 10.7. The monoisotopic (exact) mass is 236 g/mol. The van der Waals surface area contributed by atoms with Crippen LogP contribution >= 0.6 is 0 Å². The highest BCUT2D eigenvalue weighted by molar-refractivity contribution is 5.85. The van der Waals surface area contributed by atoms with Gasteiger partial charge in [-0.25, -0.2) is 4.79 Å². The number of hydrogen-bond donors (Lipinski definition) is 1. The maximum Gasteiger partial charge on any atom is 0.356 e. The van der Waals surface area contributed by atoms with Crippen molar-refractivity contribution in [1.82, 2.24) is 9.78 Å². The van der Waals surface area contributed by atoms with Crippen LogP contribution in [0.4, 0.5) is 0 Å². The van der Waals surface area contributed by atoms with Crippen molar-refractivity contribution in [1.29, 1.82) is 0 Å². The Morgan fingerprint density at radius 1 is 1.41 bits per heavy atom. The SMILES string of the molecule is CC(C)(C)c1cc(C(=O)O)nn1C1CCCC1. The van der Waals surface area contributed by atoms with Gasteiger partial charge in [-0.15, -0.1) is 0 Å². The fourth-order valence-electron chi connectivity index (χ4n) is 2.49. The number of aromatic carboxylic acids is 1. The molecule has 4 heteroatoms. The molecule has 0 spiro atoms. The van der Waals surface area contributed by atoms with Crippen LogP contribution in [-0.2, 0) is 5.41 Å². The maximum atomic E-state index is 11.0. The van der Waals surface area contributed by atoms with Gasteiger partial charge in [0.2, 0.25) is 0 Å². The highest BCUT2D eigenvalue weighted by atomic mass is 16.4. The molecule has 0 radical (unpaired) electrons. The predicted molar refractivity (Wildman–Crippen MR) is 65.4 cm³/mol. The van der Waals surface area contributed by atoms with E-state index in [1.54, 1.807) is 6.07 Å². The van der Waals surface area contributed by atoms with Crippen molar-refractivity contribution < 1.29 is 9.90 Å². The molecule has 1 aromatic rings. The van der Waals surface area contributed by atoms with Gasteiger partial charge >= 0.3 is 5.97 Å². The average molecular weight is 236 g/mol. The normalized spacial score (nSPS) is 17.6. The number of nitrogens with zero attached hydrogens (tertiary/aromatic N) is 2. The molecule has 0 unspecified atom stereocenters. The molecule has 94 valence electrons. The summed E-state index contributed by atoms with van der Waals surface area (Å²) in [6.45, 7) is 6.29. The molecule has 0 amide bonds. The Hall–Kier alpha value is -1.32. The second-order valence-corrected chi connectivity index (χ2v) is 5.85. The molecule has 0 aliphatic heterocycles. The lowest BCUT2D eigenvalue weighted by Crippen LogP contribution is -2.20. The third-order valence-corrected chi connectivity index (χ3v) is 3.39. The third-order valence-electron chi connectivity index (χ3n) is 3.39. The summed E-state index contributed by atoms with van der Waals surface area (Å²) in [4.78, 5) is 11.0. The highest BCUT2D eigenvalue weighted by Gasteiger charge is 2.28. The topological polar surface area (TPSA) is 55.1 Å². The Morgan fingerprint density at radius 2 is 2.00 bits per heavy atom. The van der Waals surface area contributed by atoms with E-state index in [1.165, 1.54) is 12.8 Å². The average Bonchev–Trinajstić information content (AvgIpc) is 2.85. The molecule has 17 heavy (non-hydrogen) atoms. The summed E-state index contributed by atoms with van der Waals surface area (Å²) < 4.78 is 1.95. The second-order valence-electron chi connectivity index (χ2n) is 5.85. The van der Waals surface area contributed by atoms with Gasteiger partial charge in [-0.05, 0) is 18.9 Å². The highest BCUT2D eigenvalue weighted by Crippen LogP contribution is 2.34. The van der Waals surface area contributed by atoms with E-state index in [0.717, 1.165) is 18.5 Å². The number of carboxylic acids is 1. The summed E-state index contributed by atoms with van der Waals surface area (Å²) in [6, 6.07) is 2.11. The second kappa shape index (κ2) is 4.17. The van der Waals surface area contributed by atoms with Gasteiger partial charge < -0.3 is 5.11 Å². The van der Waals surface area contributed by atoms with E-state index >= 15 is 0 Å². The molecule has 1 fully saturated rings. The number of carbonyl (C=O) groups is 1. The van der Waals surface area contributed by atoms with Gasteiger partial charge in [0.25, 0.3) is 0 Å². The molecule has 1 aromatic heterocycles. The van der Waals surface area contributed by atoms with Crippen molar-refractivity contribution in [2.45, 2.75) is 57.9 Å². The summed E-state index contributed by atoms with van der Waals surface area (Å²) in [6.07, 6.45) is 4.67. The van der Waals surface area contributed by atoms with Crippen LogP contribution in [-0.4, -0.2) is 20.9 Å². The van der Waals surface area contributed by atoms with Crippen LogP contribution < -0.4 is 0 Å². The van der Waals surface area contributed by atoms with E-state index < -0.39 is 5.97 Å². The molecule has 1 saturated carbocycles. The molecule has 0 aromatic carbocycles.